The number of rotatable bonds is 8. The van der Waals surface area contributed by atoms with Crippen LogP contribution in [0.15, 0.2) is 48.5 Å². The molecule has 0 aliphatic heterocycles. The second-order valence-corrected chi connectivity index (χ2v) is 6.12. The molecular weight excluding hydrogens is 388 g/mol. The minimum Gasteiger partial charge on any atom is -0.497 e. The number of carbonyl (C=O) groups is 2. The number of hydrogen-bond donors (Lipinski definition) is 4. The molecule has 0 radical (unpaired) electrons. The van der Waals surface area contributed by atoms with Crippen LogP contribution in [-0.4, -0.2) is 47.9 Å². The fourth-order valence-electron chi connectivity index (χ4n) is 2.61. The van der Waals surface area contributed by atoms with Crippen molar-refractivity contribution in [3.8, 4) is 22.9 Å². The normalized spacial score (nSPS) is 10.2. The molecule has 3 amide bonds. The average Bonchev–Trinajstić information content (AvgIpc) is 3.22. The Bertz CT molecular complexity index is 1010. The van der Waals surface area contributed by atoms with Gasteiger partial charge in [-0.15, -0.1) is 5.10 Å². The summed E-state index contributed by atoms with van der Waals surface area (Å²) in [5.74, 6) is 1.43. The van der Waals surface area contributed by atoms with E-state index in [2.05, 4.69) is 31.1 Å². The fraction of sp³-hybridized carbons (Fsp3) is 0.200. The summed E-state index contributed by atoms with van der Waals surface area (Å²) in [5.41, 5.74) is 1.34. The molecule has 0 aliphatic carbocycles. The zero-order valence-electron chi connectivity index (χ0n) is 16.6. The van der Waals surface area contributed by atoms with Crippen LogP contribution < -0.4 is 25.4 Å². The molecule has 0 bridgehead atoms. The van der Waals surface area contributed by atoms with Crippen molar-refractivity contribution >= 4 is 23.6 Å². The Balaban J connectivity index is 1.50. The van der Waals surface area contributed by atoms with Gasteiger partial charge < -0.3 is 20.1 Å². The Kier molecular flexibility index (Phi) is 6.83. The van der Waals surface area contributed by atoms with Crippen molar-refractivity contribution in [3.05, 3.63) is 48.5 Å². The summed E-state index contributed by atoms with van der Waals surface area (Å²) in [4.78, 5) is 28.2. The minimum absolute atomic E-state index is 0.0674. The van der Waals surface area contributed by atoms with E-state index in [0.29, 0.717) is 28.6 Å². The Morgan fingerprint density at radius 3 is 2.57 bits per heavy atom. The molecule has 1 aromatic heterocycles. The summed E-state index contributed by atoms with van der Waals surface area (Å²) < 4.78 is 10.5. The Hall–Kier alpha value is -4.08. The average molecular weight is 410 g/mol. The van der Waals surface area contributed by atoms with Gasteiger partial charge in [0.1, 0.15) is 11.5 Å². The number of ether oxygens (including phenoxy) is 2. The first-order chi connectivity index (χ1) is 14.6. The molecule has 0 atom stereocenters. The summed E-state index contributed by atoms with van der Waals surface area (Å²) in [7, 11) is 3.11. The summed E-state index contributed by atoms with van der Waals surface area (Å²) in [5, 5.41) is 14.6. The monoisotopic (exact) mass is 410 g/mol. The van der Waals surface area contributed by atoms with Gasteiger partial charge in [-0.2, -0.15) is 4.98 Å². The maximum Gasteiger partial charge on any atom is 0.319 e. The number of benzene rings is 2. The van der Waals surface area contributed by atoms with Crippen molar-refractivity contribution < 1.29 is 19.1 Å². The van der Waals surface area contributed by atoms with Gasteiger partial charge in [0.2, 0.25) is 11.9 Å². The van der Waals surface area contributed by atoms with Crippen LogP contribution in [0, 0.1) is 0 Å². The molecule has 0 unspecified atom stereocenters. The van der Waals surface area contributed by atoms with Crippen LogP contribution in [0.4, 0.5) is 16.4 Å². The first-order valence-corrected chi connectivity index (χ1v) is 9.13. The molecule has 3 aromatic rings. The lowest BCUT2D eigenvalue weighted by molar-refractivity contribution is -0.116. The number of carbonyl (C=O) groups excluding carboxylic acids is 2. The molecule has 2 aromatic carbocycles. The number of nitrogens with zero attached hydrogens (tertiary/aromatic N) is 2. The smallest absolute Gasteiger partial charge is 0.319 e. The van der Waals surface area contributed by atoms with Crippen molar-refractivity contribution in [3.63, 3.8) is 0 Å². The van der Waals surface area contributed by atoms with E-state index < -0.39 is 0 Å². The minimum atomic E-state index is -0.388. The third-order valence-electron chi connectivity index (χ3n) is 4.07. The van der Waals surface area contributed by atoms with E-state index in [0.717, 1.165) is 0 Å². The number of aromatic nitrogens is 3. The van der Waals surface area contributed by atoms with E-state index in [9.17, 15) is 9.59 Å². The van der Waals surface area contributed by atoms with E-state index in [-0.39, 0.29) is 30.9 Å². The van der Waals surface area contributed by atoms with E-state index in [4.69, 9.17) is 9.47 Å². The molecule has 10 heteroatoms. The topological polar surface area (TPSA) is 130 Å². The Labute approximate surface area is 173 Å². The van der Waals surface area contributed by atoms with Gasteiger partial charge >= 0.3 is 6.03 Å². The molecule has 0 spiro atoms. The van der Waals surface area contributed by atoms with Gasteiger partial charge in [-0.1, -0.05) is 18.2 Å². The van der Waals surface area contributed by atoms with Gasteiger partial charge in [-0.3, -0.25) is 15.2 Å². The number of urea groups is 1. The second kappa shape index (κ2) is 9.92. The van der Waals surface area contributed by atoms with Crippen LogP contribution in [0.5, 0.6) is 11.5 Å². The highest BCUT2D eigenvalue weighted by atomic mass is 16.5. The van der Waals surface area contributed by atoms with Crippen molar-refractivity contribution in [2.75, 3.05) is 31.4 Å². The molecule has 0 fully saturated rings. The number of nitrogens with one attached hydrogen (secondary N) is 4. The number of amides is 3. The summed E-state index contributed by atoms with van der Waals surface area (Å²) in [6.07, 6.45) is 0.0674. The third kappa shape index (κ3) is 5.47. The van der Waals surface area contributed by atoms with Gasteiger partial charge in [0.25, 0.3) is 0 Å². The predicted molar refractivity (Wildman–Crippen MR) is 112 cm³/mol. The Morgan fingerprint density at radius 2 is 1.83 bits per heavy atom. The summed E-state index contributed by atoms with van der Waals surface area (Å²) in [6, 6.07) is 13.9. The van der Waals surface area contributed by atoms with E-state index in [1.165, 1.54) is 7.11 Å². The zero-order chi connectivity index (χ0) is 21.3. The lowest BCUT2D eigenvalue weighted by Crippen LogP contribution is -2.31. The quantitative estimate of drug-likeness (QED) is 0.452. The molecule has 0 saturated carbocycles. The molecule has 4 N–H and O–H groups in total. The van der Waals surface area contributed by atoms with Crippen LogP contribution in [0.3, 0.4) is 0 Å². The molecular formula is C20H22N6O4. The zero-order valence-corrected chi connectivity index (χ0v) is 16.6. The molecule has 30 heavy (non-hydrogen) atoms. The highest BCUT2D eigenvalue weighted by Gasteiger charge is 2.14. The highest BCUT2D eigenvalue weighted by Crippen LogP contribution is 2.31. The first-order valence-electron chi connectivity index (χ1n) is 9.13. The fourth-order valence-corrected chi connectivity index (χ4v) is 2.61. The van der Waals surface area contributed by atoms with Gasteiger partial charge in [-0.05, 0) is 24.3 Å². The third-order valence-corrected chi connectivity index (χ3v) is 4.07. The number of H-pyrrole nitrogens is 1. The number of aromatic amines is 1. The van der Waals surface area contributed by atoms with E-state index in [1.54, 1.807) is 37.4 Å². The van der Waals surface area contributed by atoms with Crippen molar-refractivity contribution in [1.82, 2.24) is 20.5 Å². The van der Waals surface area contributed by atoms with Gasteiger partial charge in [-0.25, -0.2) is 4.79 Å². The largest absolute Gasteiger partial charge is 0.497 e. The van der Waals surface area contributed by atoms with Crippen molar-refractivity contribution in [2.24, 2.45) is 0 Å². The molecule has 1 heterocycles. The van der Waals surface area contributed by atoms with Gasteiger partial charge in [0.15, 0.2) is 5.82 Å². The van der Waals surface area contributed by atoms with E-state index >= 15 is 0 Å². The van der Waals surface area contributed by atoms with Crippen molar-refractivity contribution in [2.45, 2.75) is 6.42 Å². The second-order valence-electron chi connectivity index (χ2n) is 6.12. The molecule has 0 saturated heterocycles. The van der Waals surface area contributed by atoms with Gasteiger partial charge in [0.05, 0.1) is 19.8 Å². The van der Waals surface area contributed by atoms with Crippen LogP contribution in [-0.2, 0) is 4.79 Å². The molecule has 3 rings (SSSR count). The highest BCUT2D eigenvalue weighted by molar-refractivity contribution is 5.91. The maximum absolute atomic E-state index is 12.1. The lowest BCUT2D eigenvalue weighted by atomic mass is 10.2. The summed E-state index contributed by atoms with van der Waals surface area (Å²) in [6.45, 7) is 0.161. The van der Waals surface area contributed by atoms with Crippen LogP contribution in [0.25, 0.3) is 11.4 Å². The van der Waals surface area contributed by atoms with Gasteiger partial charge in [0, 0.05) is 24.7 Å². The van der Waals surface area contributed by atoms with Crippen LogP contribution in [0.2, 0.25) is 0 Å². The Morgan fingerprint density at radius 1 is 1.03 bits per heavy atom. The number of anilines is 2. The maximum atomic E-state index is 12.1. The molecule has 0 aliphatic rings. The molecule has 156 valence electrons. The van der Waals surface area contributed by atoms with Crippen LogP contribution in [0.1, 0.15) is 6.42 Å². The predicted octanol–water partition coefficient (Wildman–Crippen LogP) is 2.64. The van der Waals surface area contributed by atoms with E-state index in [1.807, 2.05) is 18.2 Å². The number of hydrogen-bond acceptors (Lipinski definition) is 6. The SMILES string of the molecule is COc1ccc(-c2nc(NC(=O)CCNC(=O)Nc3ccccc3)n[nH]2)c(OC)c1. The summed E-state index contributed by atoms with van der Waals surface area (Å²) >= 11 is 0. The lowest BCUT2D eigenvalue weighted by Gasteiger charge is -2.08. The standard InChI is InChI=1S/C20H22N6O4/c1-29-14-8-9-15(16(12-14)30-2)18-24-19(26-25-18)23-17(27)10-11-21-20(28)22-13-6-4-3-5-7-13/h3-9,12H,10-11H2,1-2H3,(H2,21,22,28)(H2,23,24,25,26,27). The van der Waals surface area contributed by atoms with Crippen molar-refractivity contribution in [1.29, 1.82) is 0 Å². The first kappa shape index (κ1) is 20.6. The molecule has 10 nitrogen and oxygen atoms in total. The van der Waals surface area contributed by atoms with Crippen LogP contribution >= 0.6 is 0 Å². The number of para-hydroxylation sites is 1. The number of methoxy groups -OCH3 is 2.